The standard InChI is InChI=1S/C15H19N3O2/c1-11(2)18-14(16-10-17-18)9-8-13(15(19)20)12-6-4-3-5-7-12/h3-7,10-11,13H,8-9H2,1-2H3,(H,19,20). The van der Waals surface area contributed by atoms with E-state index in [0.29, 0.717) is 12.8 Å². The Morgan fingerprint density at radius 2 is 2.00 bits per heavy atom. The summed E-state index contributed by atoms with van der Waals surface area (Å²) in [5.41, 5.74) is 0.829. The zero-order chi connectivity index (χ0) is 14.5. The summed E-state index contributed by atoms with van der Waals surface area (Å²) in [7, 11) is 0. The zero-order valence-corrected chi connectivity index (χ0v) is 11.7. The Kier molecular flexibility index (Phi) is 4.50. The zero-order valence-electron chi connectivity index (χ0n) is 11.7. The molecule has 0 saturated heterocycles. The first-order valence-electron chi connectivity index (χ1n) is 6.75. The van der Waals surface area contributed by atoms with E-state index < -0.39 is 11.9 Å². The van der Waals surface area contributed by atoms with E-state index in [9.17, 15) is 9.90 Å². The molecule has 0 aliphatic heterocycles. The number of aromatic nitrogens is 3. The molecular weight excluding hydrogens is 254 g/mol. The maximum Gasteiger partial charge on any atom is 0.310 e. The summed E-state index contributed by atoms with van der Waals surface area (Å²) in [4.78, 5) is 15.7. The van der Waals surface area contributed by atoms with Gasteiger partial charge in [0.1, 0.15) is 12.2 Å². The van der Waals surface area contributed by atoms with Gasteiger partial charge in [-0.3, -0.25) is 4.79 Å². The molecule has 1 heterocycles. The Morgan fingerprint density at radius 1 is 1.30 bits per heavy atom. The highest BCUT2D eigenvalue weighted by atomic mass is 16.4. The van der Waals surface area contributed by atoms with Gasteiger partial charge in [-0.05, 0) is 25.8 Å². The van der Waals surface area contributed by atoms with Crippen LogP contribution in [0, 0.1) is 0 Å². The van der Waals surface area contributed by atoms with E-state index in [1.54, 1.807) is 0 Å². The summed E-state index contributed by atoms with van der Waals surface area (Å²) in [6.07, 6.45) is 2.64. The van der Waals surface area contributed by atoms with Crippen LogP contribution in [0.5, 0.6) is 0 Å². The Labute approximate surface area is 118 Å². The normalized spacial score (nSPS) is 12.6. The number of carbonyl (C=O) groups is 1. The monoisotopic (exact) mass is 273 g/mol. The van der Waals surface area contributed by atoms with Crippen molar-refractivity contribution in [3.8, 4) is 0 Å². The lowest BCUT2D eigenvalue weighted by molar-refractivity contribution is -0.139. The third-order valence-corrected chi connectivity index (χ3v) is 3.29. The fourth-order valence-electron chi connectivity index (χ4n) is 2.28. The van der Waals surface area contributed by atoms with Crippen LogP contribution < -0.4 is 0 Å². The minimum absolute atomic E-state index is 0.229. The highest BCUT2D eigenvalue weighted by Gasteiger charge is 2.20. The number of carboxylic acids is 1. The molecule has 0 aliphatic carbocycles. The predicted octanol–water partition coefficient (Wildman–Crippen LogP) is 2.66. The fraction of sp³-hybridized carbons (Fsp3) is 0.400. The summed E-state index contributed by atoms with van der Waals surface area (Å²) in [6.45, 7) is 4.06. The number of rotatable bonds is 6. The molecule has 2 aromatic rings. The van der Waals surface area contributed by atoms with Gasteiger partial charge < -0.3 is 5.11 Å². The van der Waals surface area contributed by atoms with Crippen LogP contribution in [0.4, 0.5) is 0 Å². The average Bonchev–Trinajstić information content (AvgIpc) is 2.88. The van der Waals surface area contributed by atoms with Gasteiger partial charge in [-0.25, -0.2) is 9.67 Å². The van der Waals surface area contributed by atoms with Gasteiger partial charge >= 0.3 is 5.97 Å². The van der Waals surface area contributed by atoms with E-state index in [1.165, 1.54) is 6.33 Å². The number of carboxylic acid groups (broad SMARTS) is 1. The molecule has 1 unspecified atom stereocenters. The average molecular weight is 273 g/mol. The predicted molar refractivity (Wildman–Crippen MR) is 75.5 cm³/mol. The van der Waals surface area contributed by atoms with E-state index in [0.717, 1.165) is 11.4 Å². The first-order chi connectivity index (χ1) is 9.59. The van der Waals surface area contributed by atoms with E-state index in [4.69, 9.17) is 0 Å². The maximum absolute atomic E-state index is 11.4. The van der Waals surface area contributed by atoms with Crippen molar-refractivity contribution in [1.29, 1.82) is 0 Å². The number of hydrogen-bond acceptors (Lipinski definition) is 3. The van der Waals surface area contributed by atoms with Crippen molar-refractivity contribution in [2.45, 2.75) is 38.6 Å². The summed E-state index contributed by atoms with van der Waals surface area (Å²) in [6, 6.07) is 9.55. The molecule has 1 aromatic carbocycles. The van der Waals surface area contributed by atoms with Crippen molar-refractivity contribution in [2.75, 3.05) is 0 Å². The molecule has 0 aliphatic rings. The first-order valence-corrected chi connectivity index (χ1v) is 6.75. The molecular formula is C15H19N3O2. The topological polar surface area (TPSA) is 68.0 Å². The van der Waals surface area contributed by atoms with Crippen LogP contribution in [0.3, 0.4) is 0 Å². The van der Waals surface area contributed by atoms with Crippen molar-refractivity contribution in [3.05, 3.63) is 48.0 Å². The molecule has 0 amide bonds. The number of aliphatic carboxylic acids is 1. The van der Waals surface area contributed by atoms with E-state index in [-0.39, 0.29) is 6.04 Å². The molecule has 1 N–H and O–H groups in total. The lowest BCUT2D eigenvalue weighted by atomic mass is 9.94. The molecule has 5 nitrogen and oxygen atoms in total. The molecule has 1 aromatic heterocycles. The quantitative estimate of drug-likeness (QED) is 0.878. The lowest BCUT2D eigenvalue weighted by Crippen LogP contribution is -2.15. The number of benzene rings is 1. The van der Waals surface area contributed by atoms with Crippen LogP contribution in [-0.2, 0) is 11.2 Å². The molecule has 5 heteroatoms. The summed E-state index contributed by atoms with van der Waals surface area (Å²) in [5.74, 6) is -0.470. The van der Waals surface area contributed by atoms with Crippen molar-refractivity contribution >= 4 is 5.97 Å². The molecule has 20 heavy (non-hydrogen) atoms. The van der Waals surface area contributed by atoms with Crippen molar-refractivity contribution in [2.24, 2.45) is 0 Å². The van der Waals surface area contributed by atoms with Crippen LogP contribution in [0.2, 0.25) is 0 Å². The van der Waals surface area contributed by atoms with Crippen molar-refractivity contribution in [3.63, 3.8) is 0 Å². The Hall–Kier alpha value is -2.17. The van der Waals surface area contributed by atoms with Gasteiger partial charge in [0.05, 0.1) is 5.92 Å². The molecule has 0 fully saturated rings. The summed E-state index contributed by atoms with van der Waals surface area (Å²) >= 11 is 0. The van der Waals surface area contributed by atoms with Crippen LogP contribution >= 0.6 is 0 Å². The molecule has 106 valence electrons. The molecule has 2 rings (SSSR count). The minimum atomic E-state index is -0.799. The maximum atomic E-state index is 11.4. The third kappa shape index (κ3) is 3.23. The van der Waals surface area contributed by atoms with Crippen LogP contribution in [-0.4, -0.2) is 25.8 Å². The molecule has 0 radical (unpaired) electrons. The SMILES string of the molecule is CC(C)n1ncnc1CCC(C(=O)O)c1ccccc1. The molecule has 1 atom stereocenters. The molecule has 0 bridgehead atoms. The minimum Gasteiger partial charge on any atom is -0.481 e. The van der Waals surface area contributed by atoms with Crippen LogP contribution in [0.25, 0.3) is 0 Å². The molecule has 0 spiro atoms. The van der Waals surface area contributed by atoms with Crippen LogP contribution in [0.1, 0.15) is 43.6 Å². The van der Waals surface area contributed by atoms with E-state index in [2.05, 4.69) is 10.1 Å². The van der Waals surface area contributed by atoms with Gasteiger partial charge in [-0.15, -0.1) is 0 Å². The van der Waals surface area contributed by atoms with Gasteiger partial charge in [0, 0.05) is 12.5 Å². The number of nitrogens with zero attached hydrogens (tertiary/aromatic N) is 3. The smallest absolute Gasteiger partial charge is 0.310 e. The van der Waals surface area contributed by atoms with Crippen molar-refractivity contribution in [1.82, 2.24) is 14.8 Å². The molecule has 0 saturated carbocycles. The highest BCUT2D eigenvalue weighted by Crippen LogP contribution is 2.22. The van der Waals surface area contributed by atoms with Gasteiger partial charge in [0.25, 0.3) is 0 Å². The van der Waals surface area contributed by atoms with Gasteiger partial charge in [0.15, 0.2) is 0 Å². The van der Waals surface area contributed by atoms with Gasteiger partial charge in [-0.1, -0.05) is 30.3 Å². The second-order valence-electron chi connectivity index (χ2n) is 5.05. The van der Waals surface area contributed by atoms with Gasteiger partial charge in [0.2, 0.25) is 0 Å². The lowest BCUT2D eigenvalue weighted by Gasteiger charge is -2.14. The summed E-state index contributed by atoms with van der Waals surface area (Å²) in [5, 5.41) is 13.6. The van der Waals surface area contributed by atoms with E-state index in [1.807, 2.05) is 48.9 Å². The Morgan fingerprint density at radius 3 is 2.60 bits per heavy atom. The Balaban J connectivity index is 2.10. The first kappa shape index (κ1) is 14.2. The second-order valence-corrected chi connectivity index (χ2v) is 5.05. The van der Waals surface area contributed by atoms with E-state index >= 15 is 0 Å². The van der Waals surface area contributed by atoms with Gasteiger partial charge in [-0.2, -0.15) is 5.10 Å². The van der Waals surface area contributed by atoms with Crippen molar-refractivity contribution < 1.29 is 9.90 Å². The van der Waals surface area contributed by atoms with Crippen LogP contribution in [0.15, 0.2) is 36.7 Å². The third-order valence-electron chi connectivity index (χ3n) is 3.29. The highest BCUT2D eigenvalue weighted by molar-refractivity contribution is 5.76. The largest absolute Gasteiger partial charge is 0.481 e. The Bertz CT molecular complexity index is 564. The second kappa shape index (κ2) is 6.32. The number of hydrogen-bond donors (Lipinski definition) is 1. The number of aryl methyl sites for hydroxylation is 1. The summed E-state index contributed by atoms with van der Waals surface area (Å²) < 4.78 is 1.84. The fourth-order valence-corrected chi connectivity index (χ4v) is 2.28.